The van der Waals surface area contributed by atoms with Crippen LogP contribution in [0, 0.1) is 5.92 Å². The number of ether oxygens (including phenoxy) is 1. The van der Waals surface area contributed by atoms with Crippen LogP contribution in [0.1, 0.15) is 0 Å². The molecule has 8 heteroatoms. The molecular weight excluding hydrogens is 272 g/mol. The molecule has 0 saturated carbocycles. The second-order valence-electron chi connectivity index (χ2n) is 4.50. The summed E-state index contributed by atoms with van der Waals surface area (Å²) in [6.45, 7) is 0.109. The normalized spacial score (nSPS) is 25.1. The summed E-state index contributed by atoms with van der Waals surface area (Å²) < 4.78 is 5.01. The fraction of sp³-hybridized carbons (Fsp3) is 0.545. The molecule has 1 saturated heterocycles. The summed E-state index contributed by atoms with van der Waals surface area (Å²) in [5.41, 5.74) is 0.786. The van der Waals surface area contributed by atoms with Crippen molar-refractivity contribution in [3.63, 3.8) is 0 Å². The van der Waals surface area contributed by atoms with E-state index < -0.39 is 23.9 Å². The van der Waals surface area contributed by atoms with E-state index in [0.29, 0.717) is 5.75 Å². The molecule has 0 aliphatic carbocycles. The molecule has 0 aromatic heterocycles. The number of nitrogens with zero attached hydrogens (tertiary/aromatic N) is 2. The third kappa shape index (κ3) is 2.53. The van der Waals surface area contributed by atoms with E-state index in [1.165, 1.54) is 21.6 Å². The zero-order valence-electron chi connectivity index (χ0n) is 10.5. The molecule has 7 nitrogen and oxygen atoms in total. The Morgan fingerprint density at radius 1 is 1.58 bits per heavy atom. The topological polar surface area (TPSA) is 87.2 Å². The Bertz CT molecular complexity index is 462. The molecule has 19 heavy (non-hydrogen) atoms. The number of aliphatic carboxylic acids is 1. The lowest BCUT2D eigenvalue weighted by Gasteiger charge is -2.45. The lowest BCUT2D eigenvalue weighted by atomic mass is 9.98. The number of carbonyl (C=O) groups excluding carboxylic acids is 2. The number of hydrogen-bond donors (Lipinski definition) is 1. The second kappa shape index (κ2) is 5.12. The molecule has 104 valence electrons. The number of thioether (sulfide) groups is 1. The Balaban J connectivity index is 1.94. The van der Waals surface area contributed by atoms with Gasteiger partial charge in [0.05, 0.1) is 0 Å². The van der Waals surface area contributed by atoms with Gasteiger partial charge in [-0.1, -0.05) is 0 Å². The highest BCUT2D eigenvalue weighted by molar-refractivity contribution is 8.00. The number of hydrogen-bond acceptors (Lipinski definition) is 5. The molecule has 1 fully saturated rings. The third-order valence-corrected chi connectivity index (χ3v) is 4.23. The van der Waals surface area contributed by atoms with Crippen LogP contribution in [0.3, 0.4) is 0 Å². The van der Waals surface area contributed by atoms with Gasteiger partial charge in [-0.15, -0.1) is 11.8 Å². The maximum Gasteiger partial charge on any atom is 0.409 e. The van der Waals surface area contributed by atoms with Crippen molar-refractivity contribution in [3.05, 3.63) is 11.8 Å². The van der Waals surface area contributed by atoms with Gasteiger partial charge in [-0.25, -0.2) is 4.79 Å². The summed E-state index contributed by atoms with van der Waals surface area (Å²) in [5, 5.41) is 8.55. The van der Waals surface area contributed by atoms with Crippen molar-refractivity contribution in [1.29, 1.82) is 0 Å². The molecule has 0 aromatic rings. The standard InChI is InChI=1S/C11H14N2O5S/c1-12(2)11(17)18-4-6-3-13-8(14)7(10(15)16)9(13)19-5-6/h3,7,9H,4-5H2,1-2H3,(H,15,16)/t7?,9-/m0/s1. The van der Waals surface area contributed by atoms with Gasteiger partial charge in [-0.05, 0) is 5.57 Å². The minimum atomic E-state index is -1.09. The number of rotatable bonds is 3. The van der Waals surface area contributed by atoms with E-state index in [2.05, 4.69) is 0 Å². The van der Waals surface area contributed by atoms with E-state index in [0.717, 1.165) is 5.57 Å². The second-order valence-corrected chi connectivity index (χ2v) is 5.60. The van der Waals surface area contributed by atoms with E-state index in [1.54, 1.807) is 20.3 Å². The van der Waals surface area contributed by atoms with Gasteiger partial charge in [0.2, 0.25) is 5.91 Å². The molecule has 2 heterocycles. The fourth-order valence-corrected chi connectivity index (χ4v) is 3.11. The van der Waals surface area contributed by atoms with Crippen LogP contribution in [-0.2, 0) is 14.3 Å². The molecule has 2 atom stereocenters. The highest BCUT2D eigenvalue weighted by atomic mass is 32.2. The number of carboxylic acid groups (broad SMARTS) is 1. The van der Waals surface area contributed by atoms with E-state index in [9.17, 15) is 14.4 Å². The maximum atomic E-state index is 11.6. The Kier molecular flexibility index (Phi) is 3.70. The van der Waals surface area contributed by atoms with Crippen LogP contribution >= 0.6 is 11.8 Å². The lowest BCUT2D eigenvalue weighted by Crippen LogP contribution is -2.61. The Morgan fingerprint density at radius 2 is 2.26 bits per heavy atom. The van der Waals surface area contributed by atoms with Crippen LogP contribution in [0.5, 0.6) is 0 Å². The quantitative estimate of drug-likeness (QED) is 0.588. The number of carboxylic acids is 1. The largest absolute Gasteiger partial charge is 0.481 e. The minimum Gasteiger partial charge on any atom is -0.481 e. The first-order valence-corrected chi connectivity index (χ1v) is 6.67. The average Bonchev–Trinajstić information content (AvgIpc) is 2.35. The van der Waals surface area contributed by atoms with E-state index in [-0.39, 0.29) is 12.0 Å². The first-order chi connectivity index (χ1) is 8.91. The zero-order valence-corrected chi connectivity index (χ0v) is 11.3. The molecule has 1 unspecified atom stereocenters. The van der Waals surface area contributed by atoms with Gasteiger partial charge in [-0.3, -0.25) is 9.59 Å². The van der Waals surface area contributed by atoms with Crippen LogP contribution in [0.2, 0.25) is 0 Å². The molecule has 0 aromatic carbocycles. The Labute approximate surface area is 114 Å². The molecule has 2 amide bonds. The van der Waals surface area contributed by atoms with Gasteiger partial charge in [0.25, 0.3) is 0 Å². The van der Waals surface area contributed by atoms with Gasteiger partial charge in [-0.2, -0.15) is 0 Å². The van der Waals surface area contributed by atoms with E-state index in [1.807, 2.05) is 0 Å². The van der Waals surface area contributed by atoms with Crippen molar-refractivity contribution in [1.82, 2.24) is 9.80 Å². The monoisotopic (exact) mass is 286 g/mol. The third-order valence-electron chi connectivity index (χ3n) is 2.85. The van der Waals surface area contributed by atoms with Gasteiger partial charge in [0.15, 0.2) is 5.92 Å². The molecular formula is C11H14N2O5S. The van der Waals surface area contributed by atoms with E-state index in [4.69, 9.17) is 9.84 Å². The first kappa shape index (κ1) is 13.7. The number of amides is 2. The predicted octanol–water partition coefficient (Wildman–Crippen LogP) is 0.184. The smallest absolute Gasteiger partial charge is 0.409 e. The summed E-state index contributed by atoms with van der Waals surface area (Å²) in [6, 6.07) is 0. The summed E-state index contributed by atoms with van der Waals surface area (Å²) in [4.78, 5) is 36.4. The SMILES string of the molecule is CN(C)C(=O)OCC1=CN2C(=O)C(C(=O)O)[C@@H]2SC1. The molecule has 0 spiro atoms. The van der Waals surface area contributed by atoms with Crippen LogP contribution < -0.4 is 0 Å². The molecule has 2 aliphatic rings. The first-order valence-electron chi connectivity index (χ1n) is 5.62. The van der Waals surface area contributed by atoms with Gasteiger partial charge >= 0.3 is 12.1 Å². The van der Waals surface area contributed by atoms with Crippen molar-refractivity contribution < 1.29 is 24.2 Å². The molecule has 0 bridgehead atoms. The number of carbonyl (C=O) groups is 3. The number of β-lactam (4-membered cyclic amide) rings is 1. The zero-order chi connectivity index (χ0) is 14.2. The van der Waals surface area contributed by atoms with Crippen molar-refractivity contribution in [2.75, 3.05) is 26.5 Å². The van der Waals surface area contributed by atoms with Crippen molar-refractivity contribution in [2.24, 2.45) is 5.92 Å². The van der Waals surface area contributed by atoms with Crippen molar-refractivity contribution in [3.8, 4) is 0 Å². The van der Waals surface area contributed by atoms with Gasteiger partial charge < -0.3 is 19.6 Å². The minimum absolute atomic E-state index is 0.109. The molecule has 1 N–H and O–H groups in total. The fourth-order valence-electron chi connectivity index (χ4n) is 1.82. The van der Waals surface area contributed by atoms with Crippen molar-refractivity contribution >= 4 is 29.7 Å². The highest BCUT2D eigenvalue weighted by Crippen LogP contribution is 2.40. The van der Waals surface area contributed by atoms with Crippen LogP contribution in [0.15, 0.2) is 11.8 Å². The van der Waals surface area contributed by atoms with Gasteiger partial charge in [0, 0.05) is 26.0 Å². The average molecular weight is 286 g/mol. The summed E-state index contributed by atoms with van der Waals surface area (Å²) >= 11 is 1.37. The lowest BCUT2D eigenvalue weighted by molar-refractivity contribution is -0.161. The van der Waals surface area contributed by atoms with Crippen LogP contribution in [0.4, 0.5) is 4.79 Å². The molecule has 2 aliphatic heterocycles. The van der Waals surface area contributed by atoms with Crippen LogP contribution in [0.25, 0.3) is 0 Å². The Morgan fingerprint density at radius 3 is 2.84 bits per heavy atom. The maximum absolute atomic E-state index is 11.6. The van der Waals surface area contributed by atoms with Crippen molar-refractivity contribution in [2.45, 2.75) is 5.37 Å². The summed E-state index contributed by atoms with van der Waals surface area (Å²) in [5.74, 6) is -1.90. The van der Waals surface area contributed by atoms with E-state index >= 15 is 0 Å². The molecule has 2 rings (SSSR count). The highest BCUT2D eigenvalue weighted by Gasteiger charge is 2.52. The molecule has 0 radical (unpaired) electrons. The summed E-state index contributed by atoms with van der Waals surface area (Å²) in [6.07, 6.45) is 1.14. The van der Waals surface area contributed by atoms with Gasteiger partial charge in [0.1, 0.15) is 12.0 Å². The summed E-state index contributed by atoms with van der Waals surface area (Å²) in [7, 11) is 3.16. The predicted molar refractivity (Wildman–Crippen MR) is 67.3 cm³/mol. The Hall–Kier alpha value is -1.70. The van der Waals surface area contributed by atoms with Crippen LogP contribution in [-0.4, -0.2) is 64.7 Å². The number of fused-ring (bicyclic) bond motifs is 1.